The Morgan fingerprint density at radius 1 is 0.353 bits per heavy atom. The van der Waals surface area contributed by atoms with Crippen LogP contribution < -0.4 is 14.2 Å². The van der Waals surface area contributed by atoms with E-state index in [1.165, 1.54) is 18.2 Å². The second-order valence-corrected chi connectivity index (χ2v) is 12.8. The van der Waals surface area contributed by atoms with Crippen molar-refractivity contribution in [3.8, 4) is 17.2 Å². The first-order chi connectivity index (χ1) is 24.6. The number of hydrogen-bond acceptors (Lipinski definition) is 6. The molecule has 51 heavy (non-hydrogen) atoms. The summed E-state index contributed by atoms with van der Waals surface area (Å²) < 4.78 is 18.0. The molecule has 0 N–H and O–H groups in total. The van der Waals surface area contributed by atoms with Crippen LogP contribution in [-0.2, 0) is 56.9 Å². The third-order valence-electron chi connectivity index (χ3n) is 9.78. The van der Waals surface area contributed by atoms with Gasteiger partial charge in [-0.1, -0.05) is 108 Å². The highest BCUT2D eigenvalue weighted by Gasteiger charge is 2.23. The van der Waals surface area contributed by atoms with E-state index in [9.17, 15) is 14.4 Å². The smallest absolute Gasteiger partial charge is 0.343 e. The maximum absolute atomic E-state index is 13.9. The molecule has 6 nitrogen and oxygen atoms in total. The molecule has 0 saturated heterocycles. The molecule has 0 fully saturated rings. The van der Waals surface area contributed by atoms with Gasteiger partial charge in [0.05, 0.1) is 16.7 Å². The lowest BCUT2D eigenvalue weighted by atomic mass is 9.81. The lowest BCUT2D eigenvalue weighted by Crippen LogP contribution is -2.17. The standard InChI is InChI=1S/C36H45B9O6/c37-10-19-1-22(13-40)31(16-43)28(4-19)34(46)49-25-7-26(50-35(47)29-5-20(11-38)2-23(14-41)32(29)17-44)9-27(8-25)51-36(48)30-6-21(12-39)3-24(15-42)33(30)18-45/h1-9H,10-18,37-45H2. The molecule has 15 heteroatoms. The molecule has 0 aliphatic heterocycles. The summed E-state index contributed by atoms with van der Waals surface area (Å²) in [6.07, 6.45) is 6.72. The second-order valence-electron chi connectivity index (χ2n) is 12.8. The highest BCUT2D eigenvalue weighted by Crippen LogP contribution is 2.32. The molecule has 0 heterocycles. The van der Waals surface area contributed by atoms with Gasteiger partial charge in [0.25, 0.3) is 0 Å². The second kappa shape index (κ2) is 18.4. The molecule has 0 aromatic heterocycles. The fourth-order valence-corrected chi connectivity index (χ4v) is 6.96. The highest BCUT2D eigenvalue weighted by molar-refractivity contribution is 6.14. The Bertz CT molecular complexity index is 1700. The number of carbonyl (C=O) groups excluding carboxylic acids is 3. The Morgan fingerprint density at radius 3 is 0.804 bits per heavy atom. The van der Waals surface area contributed by atoms with Gasteiger partial charge in [0.15, 0.2) is 0 Å². The Hall–Kier alpha value is -4.13. The quantitative estimate of drug-likeness (QED) is 0.0794. The lowest BCUT2D eigenvalue weighted by Gasteiger charge is -2.17. The highest BCUT2D eigenvalue weighted by atomic mass is 16.6. The Morgan fingerprint density at radius 2 is 0.608 bits per heavy atom. The van der Waals surface area contributed by atoms with E-state index in [4.69, 9.17) is 14.2 Å². The maximum Gasteiger partial charge on any atom is 0.343 e. The third-order valence-corrected chi connectivity index (χ3v) is 9.78. The molecular weight excluding hydrogens is 626 g/mol. The zero-order valence-electron chi connectivity index (χ0n) is 32.0. The summed E-state index contributed by atoms with van der Waals surface area (Å²) in [6.45, 7) is 0. The zero-order chi connectivity index (χ0) is 37.2. The third kappa shape index (κ3) is 9.22. The molecule has 0 atom stereocenters. The van der Waals surface area contributed by atoms with Gasteiger partial charge >= 0.3 is 17.9 Å². The minimum atomic E-state index is -0.523. The van der Waals surface area contributed by atoms with Gasteiger partial charge in [-0.05, 0) is 34.9 Å². The minimum Gasteiger partial charge on any atom is -0.423 e. The van der Waals surface area contributed by atoms with Crippen molar-refractivity contribution in [2.24, 2.45) is 0 Å². The van der Waals surface area contributed by atoms with Gasteiger partial charge in [0.1, 0.15) is 87.9 Å². The van der Waals surface area contributed by atoms with Crippen LogP contribution in [0.2, 0.25) is 0 Å². The van der Waals surface area contributed by atoms with Crippen LogP contribution in [0.1, 0.15) is 81.1 Å². The summed E-state index contributed by atoms with van der Waals surface area (Å²) in [7, 11) is 18.5. The average molecular weight is 671 g/mol. The van der Waals surface area contributed by atoms with Crippen molar-refractivity contribution in [3.05, 3.63) is 121 Å². The van der Waals surface area contributed by atoms with Crippen LogP contribution in [0, 0.1) is 0 Å². The van der Waals surface area contributed by atoms with Gasteiger partial charge in [-0.15, -0.1) is 0 Å². The molecule has 0 aliphatic rings. The fourth-order valence-electron chi connectivity index (χ4n) is 6.96. The van der Waals surface area contributed by atoms with E-state index in [1.807, 2.05) is 41.7 Å². The first kappa shape index (κ1) is 39.7. The van der Waals surface area contributed by atoms with Crippen LogP contribution in [-0.4, -0.2) is 88.5 Å². The average Bonchev–Trinajstić information content (AvgIpc) is 3.15. The molecule has 0 aliphatic carbocycles. The summed E-state index contributed by atoms with van der Waals surface area (Å²) in [5.41, 5.74) is 10.8. The van der Waals surface area contributed by atoms with Gasteiger partial charge in [-0.2, -0.15) is 0 Å². The number of esters is 3. The molecule has 4 aromatic carbocycles. The number of ether oxygens (including phenoxy) is 3. The summed E-state index contributed by atoms with van der Waals surface area (Å²) in [5.74, 6) is -1.25. The molecule has 0 saturated carbocycles. The molecule has 0 spiro atoms. The lowest BCUT2D eigenvalue weighted by molar-refractivity contribution is 0.0729. The van der Waals surface area contributed by atoms with Gasteiger partial charge < -0.3 is 14.2 Å². The van der Waals surface area contributed by atoms with Gasteiger partial charge in [0.2, 0.25) is 0 Å². The van der Waals surface area contributed by atoms with Crippen molar-refractivity contribution in [2.75, 3.05) is 0 Å². The van der Waals surface area contributed by atoms with Crippen molar-refractivity contribution in [3.63, 3.8) is 0 Å². The number of rotatable bonds is 15. The SMILES string of the molecule is BCc1cc(CB)c(CB)c(C(=O)Oc2cc(OC(=O)c3cc(CB)cc(CB)c3CB)cc(OC(=O)c3cc(CB)cc(CB)c3CB)c2)c1. The summed E-state index contributed by atoms with van der Waals surface area (Å²) in [6, 6.07) is 16.6. The van der Waals surface area contributed by atoms with E-state index in [1.54, 1.807) is 0 Å². The molecule has 4 rings (SSSR count). The number of carbonyl (C=O) groups is 3. The Kier molecular flexibility index (Phi) is 14.3. The van der Waals surface area contributed by atoms with Crippen LogP contribution in [0.15, 0.2) is 54.6 Å². The van der Waals surface area contributed by atoms with Crippen molar-refractivity contribution < 1.29 is 28.6 Å². The van der Waals surface area contributed by atoms with E-state index < -0.39 is 17.9 Å². The predicted molar refractivity (Wildman–Crippen MR) is 231 cm³/mol. The van der Waals surface area contributed by atoms with E-state index in [0.717, 1.165) is 88.0 Å². The Balaban J connectivity index is 1.80. The first-order valence-electron chi connectivity index (χ1n) is 18.8. The Labute approximate surface area is 311 Å². The molecule has 0 unspecified atom stereocenters. The van der Waals surface area contributed by atoms with Crippen molar-refractivity contribution in [1.29, 1.82) is 0 Å². The molecular formula is C36H45B9O6. The van der Waals surface area contributed by atoms with Crippen LogP contribution in [0.25, 0.3) is 0 Å². The topological polar surface area (TPSA) is 78.9 Å². The molecule has 0 amide bonds. The van der Waals surface area contributed by atoms with Gasteiger partial charge in [-0.3, -0.25) is 0 Å². The monoisotopic (exact) mass is 672 g/mol. The molecule has 0 bridgehead atoms. The van der Waals surface area contributed by atoms with Crippen molar-refractivity contribution in [2.45, 2.75) is 56.9 Å². The van der Waals surface area contributed by atoms with Crippen molar-refractivity contribution in [1.82, 2.24) is 0 Å². The van der Waals surface area contributed by atoms with Gasteiger partial charge in [0, 0.05) is 18.2 Å². The predicted octanol–water partition coefficient (Wildman–Crippen LogP) is -2.46. The van der Waals surface area contributed by atoms with Crippen molar-refractivity contribution >= 4 is 88.5 Å². The van der Waals surface area contributed by atoms with E-state index >= 15 is 0 Å². The largest absolute Gasteiger partial charge is 0.423 e. The molecule has 252 valence electrons. The molecule has 0 radical (unpaired) electrons. The van der Waals surface area contributed by atoms with Crippen LogP contribution >= 0.6 is 0 Å². The number of benzene rings is 4. The molecule has 4 aromatic rings. The minimum absolute atomic E-state index is 0.106. The summed E-state index contributed by atoms with van der Waals surface area (Å²) >= 11 is 0. The number of hydrogen-bond donors (Lipinski definition) is 0. The van der Waals surface area contributed by atoms with E-state index in [0.29, 0.717) is 35.7 Å². The zero-order valence-corrected chi connectivity index (χ0v) is 32.0. The summed E-state index contributed by atoms with van der Waals surface area (Å²) in [5, 5.41) is 0. The van der Waals surface area contributed by atoms with E-state index in [2.05, 4.69) is 65.3 Å². The van der Waals surface area contributed by atoms with Crippen LogP contribution in [0.3, 0.4) is 0 Å². The van der Waals surface area contributed by atoms with Crippen LogP contribution in [0.4, 0.5) is 0 Å². The van der Waals surface area contributed by atoms with E-state index in [-0.39, 0.29) is 17.2 Å². The first-order valence-corrected chi connectivity index (χ1v) is 18.8. The normalized spacial score (nSPS) is 10.8. The van der Waals surface area contributed by atoms with Crippen LogP contribution in [0.5, 0.6) is 17.2 Å². The summed E-state index contributed by atoms with van der Waals surface area (Å²) in [4.78, 5) is 41.6. The maximum atomic E-state index is 13.9. The van der Waals surface area contributed by atoms with Gasteiger partial charge in [-0.25, -0.2) is 14.4 Å². The fraction of sp³-hybridized carbons (Fsp3) is 0.250.